The second kappa shape index (κ2) is 10.2. The van der Waals surface area contributed by atoms with Crippen molar-refractivity contribution >= 4 is 15.2 Å². The van der Waals surface area contributed by atoms with Crippen molar-refractivity contribution in [3.05, 3.63) is 108 Å². The molecular formula is C25H27N2OP. The van der Waals surface area contributed by atoms with Crippen LogP contribution in [-0.4, -0.2) is 23.5 Å². The lowest BCUT2D eigenvalue weighted by molar-refractivity contribution is -0.117. The van der Waals surface area contributed by atoms with Gasteiger partial charge in [0.15, 0.2) is 5.78 Å². The maximum atomic E-state index is 12.8. The molecule has 2 atom stereocenters. The van der Waals surface area contributed by atoms with Crippen molar-refractivity contribution in [1.82, 2.24) is 4.67 Å². The van der Waals surface area contributed by atoms with Gasteiger partial charge in [0.05, 0.1) is 6.04 Å². The van der Waals surface area contributed by atoms with E-state index in [0.29, 0.717) is 18.5 Å². The molecule has 0 aromatic heterocycles. The van der Waals surface area contributed by atoms with Crippen LogP contribution in [0.3, 0.4) is 0 Å². The van der Waals surface area contributed by atoms with E-state index < -0.39 is 0 Å². The molecule has 3 rings (SSSR count). The summed E-state index contributed by atoms with van der Waals surface area (Å²) in [4.78, 5) is 12.8. The molecule has 2 N–H and O–H groups in total. The maximum Gasteiger partial charge on any atom is 0.175 e. The van der Waals surface area contributed by atoms with Gasteiger partial charge >= 0.3 is 0 Å². The van der Waals surface area contributed by atoms with Crippen LogP contribution in [0.1, 0.15) is 11.1 Å². The Hall–Kier alpha value is -2.74. The highest BCUT2D eigenvalue weighted by atomic mass is 31.0. The lowest BCUT2D eigenvalue weighted by Crippen LogP contribution is -2.33. The van der Waals surface area contributed by atoms with Crippen molar-refractivity contribution in [3.63, 3.8) is 0 Å². The predicted octanol–water partition coefficient (Wildman–Crippen LogP) is 4.64. The third kappa shape index (κ3) is 6.12. The van der Waals surface area contributed by atoms with Crippen molar-refractivity contribution < 1.29 is 4.79 Å². The largest absolute Gasteiger partial charge is 0.402 e. The normalized spacial score (nSPS) is 12.7. The molecule has 0 bridgehead atoms. The van der Waals surface area contributed by atoms with Gasteiger partial charge in [-0.3, -0.25) is 9.46 Å². The number of nitrogens with two attached hydrogens (primary N) is 1. The van der Waals surface area contributed by atoms with E-state index in [2.05, 4.69) is 45.8 Å². The number of nitrogens with zero attached hydrogens (tertiary/aromatic N) is 1. The number of carbonyl (C=O) groups is 1. The molecular weight excluding hydrogens is 375 g/mol. The van der Waals surface area contributed by atoms with Gasteiger partial charge < -0.3 is 5.73 Å². The fourth-order valence-electron chi connectivity index (χ4n) is 3.29. The summed E-state index contributed by atoms with van der Waals surface area (Å²) in [5.74, 6) is 0.0183. The summed E-state index contributed by atoms with van der Waals surface area (Å²) in [6.45, 7) is 0. The average molecular weight is 402 g/mol. The second-order valence-electron chi connectivity index (χ2n) is 7.23. The molecule has 4 heteroatoms. The van der Waals surface area contributed by atoms with E-state index in [1.54, 1.807) is 6.08 Å². The molecule has 148 valence electrons. The second-order valence-corrected chi connectivity index (χ2v) is 8.05. The minimum Gasteiger partial charge on any atom is -0.402 e. The number of ketones is 1. The standard InChI is InChI=1S/C25H27N2OP/c1-27(29)24(17-19-8-4-2-5-9-19)25(28)18-23(26)16-20-12-14-22(15-13-20)21-10-6-3-7-11-21/h2-15,18,24H,16-17,26,29H2,1H3/b23-18-/t24-/m0/s1. The predicted molar refractivity (Wildman–Crippen MR) is 124 cm³/mol. The van der Waals surface area contributed by atoms with Gasteiger partial charge in [-0.2, -0.15) is 0 Å². The molecule has 29 heavy (non-hydrogen) atoms. The first-order valence-electron chi connectivity index (χ1n) is 9.68. The Bertz CT molecular complexity index is 951. The monoisotopic (exact) mass is 402 g/mol. The zero-order valence-corrected chi connectivity index (χ0v) is 17.8. The smallest absolute Gasteiger partial charge is 0.175 e. The van der Waals surface area contributed by atoms with E-state index in [0.717, 1.165) is 11.1 Å². The number of benzene rings is 3. The summed E-state index contributed by atoms with van der Waals surface area (Å²) in [6, 6.07) is 28.3. The van der Waals surface area contributed by atoms with Crippen molar-refractivity contribution in [2.24, 2.45) is 5.73 Å². The van der Waals surface area contributed by atoms with Gasteiger partial charge in [-0.05, 0) is 35.7 Å². The molecule has 0 aliphatic carbocycles. The third-order valence-corrected chi connectivity index (χ3v) is 5.25. The van der Waals surface area contributed by atoms with Crippen LogP contribution in [0.2, 0.25) is 0 Å². The molecule has 3 aromatic rings. The van der Waals surface area contributed by atoms with Gasteiger partial charge in [0.25, 0.3) is 0 Å². The van der Waals surface area contributed by atoms with Gasteiger partial charge in [-0.15, -0.1) is 0 Å². The Balaban J connectivity index is 1.66. The molecule has 0 aliphatic rings. The third-order valence-electron chi connectivity index (χ3n) is 4.89. The molecule has 0 spiro atoms. The van der Waals surface area contributed by atoms with Crippen LogP contribution in [0.25, 0.3) is 11.1 Å². The molecule has 0 fully saturated rings. The molecule has 0 heterocycles. The van der Waals surface area contributed by atoms with Crippen LogP contribution in [-0.2, 0) is 17.6 Å². The van der Waals surface area contributed by atoms with Gasteiger partial charge in [-0.25, -0.2) is 0 Å². The Kier molecular flexibility index (Phi) is 7.35. The van der Waals surface area contributed by atoms with Crippen LogP contribution < -0.4 is 5.73 Å². The topological polar surface area (TPSA) is 46.3 Å². The van der Waals surface area contributed by atoms with E-state index in [4.69, 9.17) is 5.73 Å². The quantitative estimate of drug-likeness (QED) is 0.441. The summed E-state index contributed by atoms with van der Waals surface area (Å²) in [6.07, 6.45) is 2.79. The number of hydrogen-bond acceptors (Lipinski definition) is 3. The van der Waals surface area contributed by atoms with Crippen LogP contribution in [0.5, 0.6) is 0 Å². The van der Waals surface area contributed by atoms with E-state index in [-0.39, 0.29) is 11.8 Å². The summed E-state index contributed by atoms with van der Waals surface area (Å²) in [7, 11) is 4.49. The van der Waals surface area contributed by atoms with Gasteiger partial charge in [0, 0.05) is 18.2 Å². The van der Waals surface area contributed by atoms with E-state index in [1.807, 2.05) is 60.2 Å². The average Bonchev–Trinajstić information content (AvgIpc) is 2.73. The number of rotatable bonds is 8. The lowest BCUT2D eigenvalue weighted by Gasteiger charge is -2.21. The molecule has 3 aromatic carbocycles. The molecule has 0 saturated carbocycles. The van der Waals surface area contributed by atoms with Crippen molar-refractivity contribution in [2.45, 2.75) is 18.9 Å². The minimum atomic E-state index is -0.263. The van der Waals surface area contributed by atoms with E-state index >= 15 is 0 Å². The Morgan fingerprint density at radius 3 is 2.03 bits per heavy atom. The Labute approximate surface area is 175 Å². The van der Waals surface area contributed by atoms with Crippen molar-refractivity contribution in [2.75, 3.05) is 7.05 Å². The van der Waals surface area contributed by atoms with Gasteiger partial charge in [0.2, 0.25) is 0 Å². The number of allylic oxidation sites excluding steroid dienone is 1. The molecule has 3 nitrogen and oxygen atoms in total. The first-order valence-corrected chi connectivity index (χ1v) is 10.2. The first kappa shape index (κ1) is 21.0. The zero-order valence-electron chi connectivity index (χ0n) is 16.7. The number of likely N-dealkylation sites (N-methyl/N-ethyl adjacent to an activating group) is 1. The van der Waals surface area contributed by atoms with Crippen LogP contribution in [0.15, 0.2) is 96.7 Å². The molecule has 0 radical (unpaired) electrons. The van der Waals surface area contributed by atoms with E-state index in [9.17, 15) is 4.79 Å². The minimum absolute atomic E-state index is 0.0183. The molecule has 0 aliphatic heterocycles. The zero-order chi connectivity index (χ0) is 20.6. The van der Waals surface area contributed by atoms with Gasteiger partial charge in [-0.1, -0.05) is 94.3 Å². The van der Waals surface area contributed by atoms with Crippen molar-refractivity contribution in [1.29, 1.82) is 0 Å². The Morgan fingerprint density at radius 1 is 0.897 bits per heavy atom. The number of hydrogen-bond donors (Lipinski definition) is 1. The Morgan fingerprint density at radius 2 is 1.45 bits per heavy atom. The summed E-state index contributed by atoms with van der Waals surface area (Å²) < 4.78 is 1.87. The maximum absolute atomic E-state index is 12.8. The summed E-state index contributed by atoms with van der Waals surface area (Å²) >= 11 is 0. The van der Waals surface area contributed by atoms with Crippen LogP contribution >= 0.6 is 9.39 Å². The van der Waals surface area contributed by atoms with E-state index in [1.165, 1.54) is 11.1 Å². The van der Waals surface area contributed by atoms with Gasteiger partial charge in [0.1, 0.15) is 0 Å². The lowest BCUT2D eigenvalue weighted by atomic mass is 10.00. The van der Waals surface area contributed by atoms with Crippen LogP contribution in [0, 0.1) is 0 Å². The molecule has 0 saturated heterocycles. The first-order chi connectivity index (χ1) is 14.0. The van der Waals surface area contributed by atoms with Crippen LogP contribution in [0.4, 0.5) is 0 Å². The molecule has 1 unspecified atom stereocenters. The summed E-state index contributed by atoms with van der Waals surface area (Å²) in [5, 5.41) is 0. The van der Waals surface area contributed by atoms with Crippen molar-refractivity contribution in [3.8, 4) is 11.1 Å². The highest BCUT2D eigenvalue weighted by molar-refractivity contribution is 7.13. The molecule has 0 amide bonds. The highest BCUT2D eigenvalue weighted by Gasteiger charge is 2.20. The summed E-state index contributed by atoms with van der Waals surface area (Å²) in [5.41, 5.74) is 11.3. The fraction of sp³-hybridized carbons (Fsp3) is 0.160. The highest BCUT2D eigenvalue weighted by Crippen LogP contribution is 2.20. The fourth-order valence-corrected chi connectivity index (χ4v) is 3.55. The SMILES string of the molecule is CN(P)[C@@H](Cc1ccccc1)C(=O)/C=C(\N)Cc1ccc(-c2ccccc2)cc1. The number of carbonyl (C=O) groups excluding carboxylic acids is 1.